The fourth-order valence-corrected chi connectivity index (χ4v) is 3.46. The molecule has 3 atom stereocenters. The maximum Gasteiger partial charge on any atom is 0.329 e. The molecule has 3 rings (SSSR count). The molecule has 1 aliphatic heterocycles. The molecule has 3 aliphatic rings. The molecule has 2 bridgehead atoms. The maximum absolute atomic E-state index is 12.2. The second-order valence-electron chi connectivity index (χ2n) is 6.20. The predicted molar refractivity (Wildman–Crippen MR) is 65.1 cm³/mol. The molecule has 0 aromatic rings. The number of carbonyl (C=O) groups excluding carboxylic acids is 1. The molecule has 2 amide bonds. The van der Waals surface area contributed by atoms with E-state index >= 15 is 0 Å². The predicted octanol–water partition coefficient (Wildman–Crippen LogP) is 1.43. The summed E-state index contributed by atoms with van der Waals surface area (Å²) in [4.78, 5) is 25.5. The lowest BCUT2D eigenvalue weighted by atomic mass is 9.96. The first-order valence-electron chi connectivity index (χ1n) is 6.83. The zero-order valence-electron chi connectivity index (χ0n) is 10.7. The lowest BCUT2D eigenvalue weighted by Crippen LogP contribution is -2.58. The Bertz CT molecular complexity index is 394. The van der Waals surface area contributed by atoms with Crippen molar-refractivity contribution in [1.29, 1.82) is 0 Å². The van der Waals surface area contributed by atoms with E-state index in [-0.39, 0.29) is 11.9 Å². The Kier molecular flexibility index (Phi) is 2.54. The van der Waals surface area contributed by atoms with Crippen LogP contribution in [0.3, 0.4) is 0 Å². The average Bonchev–Trinajstić information content (AvgIpc) is 2.98. The molecule has 0 spiro atoms. The van der Waals surface area contributed by atoms with Gasteiger partial charge >= 0.3 is 12.0 Å². The van der Waals surface area contributed by atoms with Crippen LogP contribution in [-0.2, 0) is 4.79 Å². The third-order valence-electron chi connectivity index (χ3n) is 4.87. The highest BCUT2D eigenvalue weighted by atomic mass is 16.4. The monoisotopic (exact) mass is 252 g/mol. The van der Waals surface area contributed by atoms with E-state index in [0.717, 1.165) is 32.2 Å². The van der Waals surface area contributed by atoms with Gasteiger partial charge in [0, 0.05) is 12.6 Å². The number of amides is 2. The molecule has 1 saturated heterocycles. The molecule has 2 N–H and O–H groups in total. The van der Waals surface area contributed by atoms with Crippen molar-refractivity contribution >= 4 is 12.0 Å². The number of nitrogens with zero attached hydrogens (tertiary/aromatic N) is 1. The summed E-state index contributed by atoms with van der Waals surface area (Å²) in [5, 5.41) is 12.1. The van der Waals surface area contributed by atoms with Crippen molar-refractivity contribution in [3.8, 4) is 0 Å². The summed E-state index contributed by atoms with van der Waals surface area (Å²) in [6, 6.07) is 0.159. The van der Waals surface area contributed by atoms with Crippen LogP contribution in [0, 0.1) is 11.8 Å². The molecule has 3 unspecified atom stereocenters. The van der Waals surface area contributed by atoms with E-state index in [1.807, 2.05) is 4.90 Å². The van der Waals surface area contributed by atoms with Crippen molar-refractivity contribution < 1.29 is 14.7 Å². The first-order chi connectivity index (χ1) is 8.50. The highest BCUT2D eigenvalue weighted by molar-refractivity contribution is 5.87. The summed E-state index contributed by atoms with van der Waals surface area (Å²) in [6.45, 7) is 2.44. The topological polar surface area (TPSA) is 69.6 Å². The Morgan fingerprint density at radius 3 is 2.44 bits per heavy atom. The van der Waals surface area contributed by atoms with E-state index in [4.69, 9.17) is 0 Å². The number of carbonyl (C=O) groups is 2. The van der Waals surface area contributed by atoms with Crippen molar-refractivity contribution in [2.45, 2.75) is 50.6 Å². The summed E-state index contributed by atoms with van der Waals surface area (Å²) >= 11 is 0. The Hall–Kier alpha value is -1.26. The largest absolute Gasteiger partial charge is 0.480 e. The number of carboxylic acids is 1. The lowest BCUT2D eigenvalue weighted by Gasteiger charge is -2.33. The van der Waals surface area contributed by atoms with Gasteiger partial charge in [-0.1, -0.05) is 0 Å². The fourth-order valence-electron chi connectivity index (χ4n) is 3.46. The van der Waals surface area contributed by atoms with Crippen LogP contribution < -0.4 is 5.32 Å². The molecule has 0 radical (unpaired) electrons. The van der Waals surface area contributed by atoms with Gasteiger partial charge in [0.15, 0.2) is 0 Å². The van der Waals surface area contributed by atoms with Crippen LogP contribution in [0.2, 0.25) is 0 Å². The Morgan fingerprint density at radius 2 is 2.00 bits per heavy atom. The standard InChI is InChI=1S/C13H20N2O3/c1-13(11(16)17,9-3-4-9)14-12(18)15-7-8-2-5-10(15)6-8/h8-10H,2-7H2,1H3,(H,14,18)(H,16,17). The molecule has 100 valence electrons. The number of fused-ring (bicyclic) bond motifs is 2. The number of aliphatic carboxylic acids is 1. The van der Waals surface area contributed by atoms with Gasteiger partial charge in [0.25, 0.3) is 0 Å². The van der Waals surface area contributed by atoms with E-state index in [0.29, 0.717) is 12.0 Å². The minimum atomic E-state index is -1.08. The van der Waals surface area contributed by atoms with E-state index in [2.05, 4.69) is 5.32 Å². The van der Waals surface area contributed by atoms with Gasteiger partial charge < -0.3 is 15.3 Å². The number of nitrogens with one attached hydrogen (secondary N) is 1. The molecule has 0 aromatic heterocycles. The summed E-state index contributed by atoms with van der Waals surface area (Å²) in [7, 11) is 0. The lowest BCUT2D eigenvalue weighted by molar-refractivity contribution is -0.144. The van der Waals surface area contributed by atoms with Crippen LogP contribution in [0.1, 0.15) is 39.0 Å². The van der Waals surface area contributed by atoms with Crippen LogP contribution in [0.25, 0.3) is 0 Å². The third kappa shape index (κ3) is 1.76. The highest BCUT2D eigenvalue weighted by Crippen LogP contribution is 2.41. The van der Waals surface area contributed by atoms with Gasteiger partial charge in [-0.25, -0.2) is 9.59 Å². The fraction of sp³-hybridized carbons (Fsp3) is 0.846. The van der Waals surface area contributed by atoms with E-state index in [1.165, 1.54) is 6.42 Å². The number of hydrogen-bond donors (Lipinski definition) is 2. The molecule has 5 nitrogen and oxygen atoms in total. The summed E-state index contributed by atoms with van der Waals surface area (Å²) < 4.78 is 0. The number of hydrogen-bond acceptors (Lipinski definition) is 2. The molecular formula is C13H20N2O3. The Labute approximate surface area is 107 Å². The van der Waals surface area contributed by atoms with Gasteiger partial charge in [0.2, 0.25) is 0 Å². The van der Waals surface area contributed by atoms with Crippen molar-refractivity contribution in [3.05, 3.63) is 0 Å². The van der Waals surface area contributed by atoms with Crippen molar-refractivity contribution in [3.63, 3.8) is 0 Å². The Morgan fingerprint density at radius 1 is 1.28 bits per heavy atom. The van der Waals surface area contributed by atoms with Crippen LogP contribution in [0.15, 0.2) is 0 Å². The minimum Gasteiger partial charge on any atom is -0.480 e. The molecule has 1 heterocycles. The maximum atomic E-state index is 12.2. The smallest absolute Gasteiger partial charge is 0.329 e. The quantitative estimate of drug-likeness (QED) is 0.798. The summed E-state index contributed by atoms with van der Waals surface area (Å²) in [5.74, 6) is -0.181. The molecule has 2 saturated carbocycles. The number of carboxylic acid groups (broad SMARTS) is 1. The number of rotatable bonds is 3. The van der Waals surface area contributed by atoms with Gasteiger partial charge in [0.05, 0.1) is 0 Å². The first-order valence-corrected chi connectivity index (χ1v) is 6.83. The van der Waals surface area contributed by atoms with E-state index < -0.39 is 11.5 Å². The minimum absolute atomic E-state index is 0.0961. The molecule has 5 heteroatoms. The molecular weight excluding hydrogens is 232 g/mol. The SMILES string of the molecule is CC(NC(=O)N1CC2CCC1C2)(C(=O)O)C1CC1. The zero-order valence-corrected chi connectivity index (χ0v) is 10.7. The highest BCUT2D eigenvalue weighted by Gasteiger charge is 2.50. The van der Waals surface area contributed by atoms with Gasteiger partial charge in [-0.3, -0.25) is 0 Å². The van der Waals surface area contributed by atoms with Gasteiger partial charge in [0.1, 0.15) is 5.54 Å². The second-order valence-corrected chi connectivity index (χ2v) is 6.20. The number of urea groups is 1. The first kappa shape index (κ1) is 11.8. The number of likely N-dealkylation sites (tertiary alicyclic amines) is 1. The zero-order chi connectivity index (χ0) is 12.9. The normalized spacial score (nSPS) is 33.3. The summed E-state index contributed by atoms with van der Waals surface area (Å²) in [5.41, 5.74) is -1.08. The summed E-state index contributed by atoms with van der Waals surface area (Å²) in [6.07, 6.45) is 5.18. The van der Waals surface area contributed by atoms with Crippen LogP contribution in [-0.4, -0.2) is 40.1 Å². The second kappa shape index (κ2) is 3.87. The van der Waals surface area contributed by atoms with Crippen LogP contribution in [0.4, 0.5) is 4.79 Å². The van der Waals surface area contributed by atoms with Gasteiger partial charge in [-0.15, -0.1) is 0 Å². The van der Waals surface area contributed by atoms with Crippen molar-refractivity contribution in [2.24, 2.45) is 11.8 Å². The van der Waals surface area contributed by atoms with Crippen molar-refractivity contribution in [1.82, 2.24) is 10.2 Å². The van der Waals surface area contributed by atoms with E-state index in [1.54, 1.807) is 6.92 Å². The average molecular weight is 252 g/mol. The molecule has 2 aliphatic carbocycles. The van der Waals surface area contributed by atoms with Crippen molar-refractivity contribution in [2.75, 3.05) is 6.54 Å². The third-order valence-corrected chi connectivity index (χ3v) is 4.87. The molecule has 18 heavy (non-hydrogen) atoms. The van der Waals surface area contributed by atoms with E-state index in [9.17, 15) is 14.7 Å². The van der Waals surface area contributed by atoms with Gasteiger partial charge in [-0.2, -0.15) is 0 Å². The molecule has 0 aromatic carbocycles. The number of piperidine rings is 1. The van der Waals surface area contributed by atoms with Crippen LogP contribution >= 0.6 is 0 Å². The van der Waals surface area contributed by atoms with Gasteiger partial charge in [-0.05, 0) is 50.9 Å². The molecule has 3 fully saturated rings. The Balaban J connectivity index is 1.68. The van der Waals surface area contributed by atoms with Crippen LogP contribution in [0.5, 0.6) is 0 Å².